The Balaban J connectivity index is 2.67. The molecular weight excluding hydrogens is 210 g/mol. The largest absolute Gasteiger partial charge is 0.0977 e. The Hall–Kier alpha value is -1.62. The molecule has 0 aliphatic carbocycles. The molecule has 0 fully saturated rings. The summed E-state index contributed by atoms with van der Waals surface area (Å²) in [7, 11) is 0. The van der Waals surface area contributed by atoms with Crippen molar-refractivity contribution in [1.82, 2.24) is 0 Å². The summed E-state index contributed by atoms with van der Waals surface area (Å²) in [6.45, 7) is 2.37. The van der Waals surface area contributed by atoms with Crippen LogP contribution in [-0.2, 0) is 0 Å². The number of rotatable bonds is 2. The maximum Gasteiger partial charge on any atom is 0.0565 e. The van der Waals surface area contributed by atoms with Crippen LogP contribution in [0.3, 0.4) is 0 Å². The van der Waals surface area contributed by atoms with E-state index in [9.17, 15) is 0 Å². The van der Waals surface area contributed by atoms with Gasteiger partial charge in [0.25, 0.3) is 0 Å². The summed E-state index contributed by atoms with van der Waals surface area (Å²) in [5.41, 5.74) is 9.97. The molecule has 0 saturated heterocycles. The lowest BCUT2D eigenvalue weighted by Crippen LogP contribution is -1.80. The Morgan fingerprint density at radius 1 is 1.53 bits per heavy atom. The van der Waals surface area contributed by atoms with E-state index in [0.29, 0.717) is 18.0 Å². The van der Waals surface area contributed by atoms with Gasteiger partial charge in [-0.1, -0.05) is 34.6 Å². The van der Waals surface area contributed by atoms with Crippen LogP contribution in [-0.4, -0.2) is 6.54 Å². The van der Waals surface area contributed by atoms with Crippen molar-refractivity contribution in [3.05, 3.63) is 44.8 Å². The molecule has 0 bridgehead atoms. The van der Waals surface area contributed by atoms with Crippen molar-refractivity contribution < 1.29 is 0 Å². The number of aryl methyl sites for hydroxylation is 1. The topological polar surface area (TPSA) is 48.8 Å². The van der Waals surface area contributed by atoms with Gasteiger partial charge in [0.2, 0.25) is 0 Å². The molecule has 0 aromatic heterocycles. The Bertz CT molecular complexity index is 451. The predicted molar refractivity (Wildman–Crippen MR) is 61.7 cm³/mol. The highest BCUT2D eigenvalue weighted by Gasteiger charge is 1.95. The molecule has 0 unspecified atom stereocenters. The number of hydrogen-bond acceptors (Lipinski definition) is 1. The summed E-state index contributed by atoms with van der Waals surface area (Å²) in [6, 6.07) is 5.72. The average Bonchev–Trinajstić information content (AvgIpc) is 2.20. The first-order valence-corrected chi connectivity index (χ1v) is 4.87. The molecule has 1 aromatic carbocycles. The highest BCUT2D eigenvalue weighted by atomic mass is 35.5. The second kappa shape index (κ2) is 5.98. The second-order valence-electron chi connectivity index (χ2n) is 2.99. The van der Waals surface area contributed by atoms with Crippen LogP contribution in [0.5, 0.6) is 0 Å². The smallest absolute Gasteiger partial charge is 0.0565 e. The molecule has 0 atom stereocenters. The van der Waals surface area contributed by atoms with Crippen LogP contribution >= 0.6 is 11.6 Å². The fourth-order valence-corrected chi connectivity index (χ4v) is 1.31. The molecule has 0 amide bonds. The minimum absolute atomic E-state index is 0.396. The highest BCUT2D eigenvalue weighted by Crippen LogP contribution is 2.16. The maximum absolute atomic E-state index is 8.05. The normalized spacial score (nSPS) is 8.67. The van der Waals surface area contributed by atoms with Crippen LogP contribution in [0.25, 0.3) is 10.4 Å². The summed E-state index contributed by atoms with van der Waals surface area (Å²) in [6.07, 6.45) is 0.550. The lowest BCUT2D eigenvalue weighted by molar-refractivity contribution is 1.01. The van der Waals surface area contributed by atoms with Crippen LogP contribution in [0.4, 0.5) is 0 Å². The van der Waals surface area contributed by atoms with Crippen LogP contribution in [0.2, 0.25) is 5.02 Å². The van der Waals surface area contributed by atoms with Gasteiger partial charge >= 0.3 is 0 Å². The fourth-order valence-electron chi connectivity index (χ4n) is 1.03. The van der Waals surface area contributed by atoms with E-state index in [1.165, 1.54) is 0 Å². The van der Waals surface area contributed by atoms with Gasteiger partial charge in [0, 0.05) is 23.4 Å². The molecule has 0 spiro atoms. The number of hydrogen-bond donors (Lipinski definition) is 0. The Kier molecular flexibility index (Phi) is 4.56. The SMILES string of the molecule is Cc1ccc(C#CCCN=[N+]=[N-])c(Cl)c1. The van der Waals surface area contributed by atoms with Gasteiger partial charge in [-0.25, -0.2) is 0 Å². The zero-order valence-electron chi connectivity index (χ0n) is 8.37. The van der Waals surface area contributed by atoms with E-state index in [1.807, 2.05) is 25.1 Å². The van der Waals surface area contributed by atoms with Gasteiger partial charge < -0.3 is 0 Å². The molecule has 1 rings (SSSR count). The number of nitrogens with zero attached hydrogens (tertiary/aromatic N) is 3. The Morgan fingerprint density at radius 3 is 3.00 bits per heavy atom. The molecule has 0 radical (unpaired) electrons. The molecule has 3 nitrogen and oxygen atoms in total. The number of benzene rings is 1. The summed E-state index contributed by atoms with van der Waals surface area (Å²) in [4.78, 5) is 2.64. The molecule has 1 aromatic rings. The van der Waals surface area contributed by atoms with Crippen molar-refractivity contribution in [1.29, 1.82) is 0 Å². The monoisotopic (exact) mass is 219 g/mol. The van der Waals surface area contributed by atoms with E-state index in [0.717, 1.165) is 11.1 Å². The molecule has 4 heteroatoms. The van der Waals surface area contributed by atoms with Gasteiger partial charge in [-0.05, 0) is 30.2 Å². The van der Waals surface area contributed by atoms with Crippen molar-refractivity contribution in [2.24, 2.45) is 5.11 Å². The quantitative estimate of drug-likeness (QED) is 0.239. The van der Waals surface area contributed by atoms with E-state index >= 15 is 0 Å². The molecule has 0 heterocycles. The zero-order chi connectivity index (χ0) is 11.1. The molecule has 0 aliphatic heterocycles. The van der Waals surface area contributed by atoms with Gasteiger partial charge in [0.15, 0.2) is 0 Å². The summed E-state index contributed by atoms with van der Waals surface area (Å²) < 4.78 is 0. The van der Waals surface area contributed by atoms with E-state index in [-0.39, 0.29) is 0 Å². The van der Waals surface area contributed by atoms with E-state index < -0.39 is 0 Å². The van der Waals surface area contributed by atoms with Crippen molar-refractivity contribution in [2.45, 2.75) is 13.3 Å². The first-order chi connectivity index (χ1) is 7.24. The first-order valence-electron chi connectivity index (χ1n) is 4.50. The lowest BCUT2D eigenvalue weighted by atomic mass is 10.1. The summed E-state index contributed by atoms with van der Waals surface area (Å²) in [5, 5.41) is 4.04. The van der Waals surface area contributed by atoms with Crippen LogP contribution < -0.4 is 0 Å². The third-order valence-corrected chi connectivity index (χ3v) is 2.06. The fraction of sp³-hybridized carbons (Fsp3) is 0.273. The van der Waals surface area contributed by atoms with Crippen molar-refractivity contribution in [2.75, 3.05) is 6.54 Å². The third kappa shape index (κ3) is 3.95. The minimum atomic E-state index is 0.396. The summed E-state index contributed by atoms with van der Waals surface area (Å²) in [5.74, 6) is 5.83. The molecule has 15 heavy (non-hydrogen) atoms. The Morgan fingerprint density at radius 2 is 2.33 bits per heavy atom. The maximum atomic E-state index is 8.05. The highest BCUT2D eigenvalue weighted by molar-refractivity contribution is 6.31. The standard InChI is InChI=1S/C11H10ClN3/c1-9-5-6-10(11(12)8-9)4-2-3-7-14-15-13/h5-6,8H,3,7H2,1H3. The molecule has 76 valence electrons. The minimum Gasteiger partial charge on any atom is -0.0977 e. The first kappa shape index (κ1) is 11.5. The molecule has 0 saturated carbocycles. The molecule has 0 N–H and O–H groups in total. The van der Waals surface area contributed by atoms with E-state index in [1.54, 1.807) is 0 Å². The zero-order valence-corrected chi connectivity index (χ0v) is 9.12. The van der Waals surface area contributed by atoms with Crippen LogP contribution in [0.15, 0.2) is 23.3 Å². The lowest BCUT2D eigenvalue weighted by Gasteiger charge is -1.96. The number of halogens is 1. The third-order valence-electron chi connectivity index (χ3n) is 1.75. The molecule has 0 aliphatic rings. The van der Waals surface area contributed by atoms with Gasteiger partial charge in [-0.3, -0.25) is 0 Å². The van der Waals surface area contributed by atoms with Crippen molar-refractivity contribution in [3.63, 3.8) is 0 Å². The van der Waals surface area contributed by atoms with Crippen molar-refractivity contribution >= 4 is 11.6 Å². The van der Waals surface area contributed by atoms with Crippen molar-refractivity contribution in [3.8, 4) is 11.8 Å². The van der Waals surface area contributed by atoms with Gasteiger partial charge in [-0.15, -0.1) is 0 Å². The summed E-state index contributed by atoms with van der Waals surface area (Å²) >= 11 is 5.99. The van der Waals surface area contributed by atoms with E-state index in [2.05, 4.69) is 21.9 Å². The van der Waals surface area contributed by atoms with Gasteiger partial charge in [0.1, 0.15) is 0 Å². The predicted octanol–water partition coefficient (Wildman–Crippen LogP) is 3.70. The molecular formula is C11H10ClN3. The van der Waals surface area contributed by atoms with E-state index in [4.69, 9.17) is 17.1 Å². The average molecular weight is 220 g/mol. The van der Waals surface area contributed by atoms with Gasteiger partial charge in [-0.2, -0.15) is 0 Å². The van der Waals surface area contributed by atoms with Gasteiger partial charge in [0.05, 0.1) is 5.02 Å². The number of azide groups is 1. The second-order valence-corrected chi connectivity index (χ2v) is 3.40. The van der Waals surface area contributed by atoms with Crippen LogP contribution in [0, 0.1) is 18.8 Å². The van der Waals surface area contributed by atoms with Crippen LogP contribution in [0.1, 0.15) is 17.5 Å². The Labute approximate surface area is 93.7 Å².